The number of carbonyl (C=O) groups is 1. The van der Waals surface area contributed by atoms with E-state index in [0.717, 1.165) is 35.4 Å². The number of likely N-dealkylation sites (tertiary alicyclic amines) is 2. The third-order valence-electron chi connectivity index (χ3n) is 11.3. The highest BCUT2D eigenvalue weighted by molar-refractivity contribution is 6.06. The minimum atomic E-state index is -0.00801. The average Bonchev–Trinajstić information content (AvgIpc) is 3.37. The second kappa shape index (κ2) is 10.6. The summed E-state index contributed by atoms with van der Waals surface area (Å²) in [4.78, 5) is 20.7. The molecule has 2 aromatic heterocycles. The van der Waals surface area contributed by atoms with Gasteiger partial charge in [-0.2, -0.15) is 0 Å². The number of hydrogen-bond acceptors (Lipinski definition) is 7. The lowest BCUT2D eigenvalue weighted by atomic mass is 9.49. The normalized spacial score (nSPS) is 27.4. The number of para-hydroxylation sites is 1. The van der Waals surface area contributed by atoms with Gasteiger partial charge in [-0.3, -0.25) is 4.79 Å². The Kier molecular flexibility index (Phi) is 6.67. The summed E-state index contributed by atoms with van der Waals surface area (Å²) in [6, 6.07) is 17.6. The van der Waals surface area contributed by atoms with Crippen molar-refractivity contribution in [3.8, 4) is 17.0 Å². The van der Waals surface area contributed by atoms with Crippen molar-refractivity contribution in [2.45, 2.75) is 69.4 Å². The third kappa shape index (κ3) is 4.79. The summed E-state index contributed by atoms with van der Waals surface area (Å²) in [5.74, 6) is 0.933. The molecule has 1 spiro atoms. The van der Waals surface area contributed by atoms with Crippen LogP contribution in [0.15, 0.2) is 48.5 Å². The summed E-state index contributed by atoms with van der Waals surface area (Å²) >= 11 is 0. The Labute approximate surface area is 252 Å². The Morgan fingerprint density at radius 2 is 1.60 bits per heavy atom. The SMILES string of the molecule is COC(=O)C1CC2(C1)CC(N1CCC(N3CCC(c4ccc5[nH]c6nnc(-c7ccccc7O)cc6c5c4)CC3)CC1)C2. The monoisotopic (exact) mass is 579 g/mol. The van der Waals surface area contributed by atoms with Crippen LogP contribution in [0.5, 0.6) is 5.75 Å². The molecule has 2 aliphatic carbocycles. The Morgan fingerprint density at radius 1 is 0.884 bits per heavy atom. The molecule has 0 bridgehead atoms. The van der Waals surface area contributed by atoms with Crippen molar-refractivity contribution in [3.05, 3.63) is 54.1 Å². The van der Waals surface area contributed by atoms with Crippen LogP contribution < -0.4 is 0 Å². The topological polar surface area (TPSA) is 94.6 Å². The van der Waals surface area contributed by atoms with E-state index in [2.05, 4.69) is 43.2 Å². The molecule has 8 heteroatoms. The van der Waals surface area contributed by atoms with E-state index >= 15 is 0 Å². The zero-order valence-corrected chi connectivity index (χ0v) is 25.0. The molecule has 0 radical (unpaired) electrons. The number of aromatic amines is 1. The van der Waals surface area contributed by atoms with Crippen molar-refractivity contribution in [2.75, 3.05) is 33.3 Å². The second-order valence-electron chi connectivity index (χ2n) is 13.7. The molecule has 43 heavy (non-hydrogen) atoms. The molecule has 2 saturated heterocycles. The van der Waals surface area contributed by atoms with Gasteiger partial charge in [0.15, 0.2) is 5.65 Å². The number of phenolic OH excluding ortho intramolecular Hbond substituents is 1. The number of H-pyrrole nitrogens is 1. The summed E-state index contributed by atoms with van der Waals surface area (Å²) in [5, 5.41) is 21.4. The van der Waals surface area contributed by atoms with E-state index in [-0.39, 0.29) is 17.6 Å². The van der Waals surface area contributed by atoms with E-state index in [9.17, 15) is 9.90 Å². The number of aromatic hydroxyl groups is 1. The molecule has 4 aromatic rings. The minimum absolute atomic E-state index is 0.00801. The molecule has 2 saturated carbocycles. The molecule has 0 atom stereocenters. The van der Waals surface area contributed by atoms with E-state index < -0.39 is 0 Å². The number of aromatic nitrogens is 3. The predicted octanol–water partition coefficient (Wildman–Crippen LogP) is 5.86. The molecule has 2 N–H and O–H groups in total. The van der Waals surface area contributed by atoms with Gasteiger partial charge in [0.25, 0.3) is 0 Å². The zero-order valence-electron chi connectivity index (χ0n) is 25.0. The van der Waals surface area contributed by atoms with Gasteiger partial charge < -0.3 is 24.6 Å². The average molecular weight is 580 g/mol. The number of nitrogens with zero attached hydrogens (tertiary/aromatic N) is 4. The highest BCUT2D eigenvalue weighted by Crippen LogP contribution is 2.60. The lowest BCUT2D eigenvalue weighted by Crippen LogP contribution is -2.59. The Morgan fingerprint density at radius 3 is 2.35 bits per heavy atom. The van der Waals surface area contributed by atoms with E-state index in [1.165, 1.54) is 82.8 Å². The van der Waals surface area contributed by atoms with Gasteiger partial charge in [0.1, 0.15) is 5.75 Å². The van der Waals surface area contributed by atoms with Crippen molar-refractivity contribution in [3.63, 3.8) is 0 Å². The van der Waals surface area contributed by atoms with E-state index in [0.29, 0.717) is 28.6 Å². The Bertz CT molecular complexity index is 1650. The Hall–Kier alpha value is -3.49. The third-order valence-corrected chi connectivity index (χ3v) is 11.3. The second-order valence-corrected chi connectivity index (χ2v) is 13.7. The molecule has 2 aromatic carbocycles. The molecule has 4 fully saturated rings. The van der Waals surface area contributed by atoms with Crippen molar-refractivity contribution < 1.29 is 14.6 Å². The zero-order chi connectivity index (χ0) is 29.1. The van der Waals surface area contributed by atoms with Gasteiger partial charge >= 0.3 is 5.97 Å². The van der Waals surface area contributed by atoms with Gasteiger partial charge in [0.2, 0.25) is 0 Å². The van der Waals surface area contributed by atoms with Gasteiger partial charge in [-0.05, 0) is 125 Å². The highest BCUT2D eigenvalue weighted by Gasteiger charge is 2.56. The van der Waals surface area contributed by atoms with Crippen LogP contribution >= 0.6 is 0 Å². The van der Waals surface area contributed by atoms with Crippen LogP contribution in [0.2, 0.25) is 0 Å². The predicted molar refractivity (Wildman–Crippen MR) is 167 cm³/mol. The molecule has 4 heterocycles. The van der Waals surface area contributed by atoms with Crippen LogP contribution in [0.4, 0.5) is 0 Å². The number of piperidine rings is 2. The maximum absolute atomic E-state index is 11.8. The van der Waals surface area contributed by atoms with Gasteiger partial charge in [0, 0.05) is 33.9 Å². The summed E-state index contributed by atoms with van der Waals surface area (Å²) in [5.41, 5.74) is 5.09. The maximum Gasteiger partial charge on any atom is 0.308 e. The van der Waals surface area contributed by atoms with Crippen LogP contribution in [0.3, 0.4) is 0 Å². The lowest BCUT2D eigenvalue weighted by molar-refractivity contribution is -0.163. The van der Waals surface area contributed by atoms with Gasteiger partial charge in [0.05, 0.1) is 18.7 Å². The van der Waals surface area contributed by atoms with E-state index in [4.69, 9.17) is 4.74 Å². The smallest absolute Gasteiger partial charge is 0.308 e. The number of nitrogens with one attached hydrogen (secondary N) is 1. The van der Waals surface area contributed by atoms with Gasteiger partial charge in [-0.25, -0.2) is 0 Å². The van der Waals surface area contributed by atoms with Crippen LogP contribution in [0.25, 0.3) is 33.2 Å². The number of hydrogen-bond donors (Lipinski definition) is 2. The summed E-state index contributed by atoms with van der Waals surface area (Å²) < 4.78 is 4.94. The first-order chi connectivity index (χ1) is 21.0. The molecule has 224 valence electrons. The number of methoxy groups -OCH3 is 1. The first-order valence-electron chi connectivity index (χ1n) is 16.1. The van der Waals surface area contributed by atoms with Crippen molar-refractivity contribution in [1.82, 2.24) is 25.0 Å². The van der Waals surface area contributed by atoms with Crippen molar-refractivity contribution >= 4 is 27.9 Å². The molecule has 8 nitrogen and oxygen atoms in total. The largest absolute Gasteiger partial charge is 0.507 e. The summed E-state index contributed by atoms with van der Waals surface area (Å²) in [6.45, 7) is 4.78. The van der Waals surface area contributed by atoms with E-state index in [1.54, 1.807) is 6.07 Å². The highest BCUT2D eigenvalue weighted by atomic mass is 16.5. The number of ether oxygens (including phenoxy) is 1. The minimum Gasteiger partial charge on any atom is -0.507 e. The lowest BCUT2D eigenvalue weighted by Gasteiger charge is -2.60. The Balaban J connectivity index is 0.875. The summed E-state index contributed by atoms with van der Waals surface area (Å²) in [6.07, 6.45) is 9.60. The number of phenols is 1. The summed E-state index contributed by atoms with van der Waals surface area (Å²) in [7, 11) is 1.51. The van der Waals surface area contributed by atoms with E-state index in [1.807, 2.05) is 24.3 Å². The number of carbonyl (C=O) groups excluding carboxylic acids is 1. The van der Waals surface area contributed by atoms with Crippen LogP contribution in [0, 0.1) is 11.3 Å². The molecule has 0 unspecified atom stereocenters. The number of benzene rings is 2. The van der Waals surface area contributed by atoms with Crippen LogP contribution in [-0.2, 0) is 9.53 Å². The first kappa shape index (κ1) is 27.1. The fraction of sp³-hybridized carbons (Fsp3) is 0.514. The quantitative estimate of drug-likeness (QED) is 0.286. The molecule has 4 aliphatic rings. The molecule has 0 amide bonds. The number of fused-ring (bicyclic) bond motifs is 3. The first-order valence-corrected chi connectivity index (χ1v) is 16.1. The molecule has 2 aliphatic heterocycles. The van der Waals surface area contributed by atoms with Crippen LogP contribution in [0.1, 0.15) is 62.8 Å². The van der Waals surface area contributed by atoms with Gasteiger partial charge in [-0.1, -0.05) is 18.2 Å². The van der Waals surface area contributed by atoms with Crippen molar-refractivity contribution in [1.29, 1.82) is 0 Å². The number of esters is 1. The fourth-order valence-corrected chi connectivity index (χ4v) is 8.85. The molecular formula is C35H41N5O3. The van der Waals surface area contributed by atoms with Crippen LogP contribution in [-0.4, -0.2) is 81.4 Å². The van der Waals surface area contributed by atoms with Gasteiger partial charge in [-0.15, -0.1) is 10.2 Å². The fourth-order valence-electron chi connectivity index (χ4n) is 8.85. The number of rotatable bonds is 5. The maximum atomic E-state index is 11.8. The standard InChI is InChI=1S/C35H41N5O3/c1-43-34(42)24-18-35(19-24)20-26(21-35)40-14-10-25(11-15-40)39-12-8-22(9-13-39)23-6-7-30-28(16-23)29-17-31(37-38-33(29)36-30)27-4-2-3-5-32(27)41/h2-7,16-17,22,24-26,41H,8-15,18-21H2,1H3,(H,36,38). The molecular weight excluding hydrogens is 538 g/mol. The molecule has 8 rings (SSSR count). The van der Waals surface area contributed by atoms with Crippen molar-refractivity contribution in [2.24, 2.45) is 11.3 Å².